The second-order valence-corrected chi connectivity index (χ2v) is 4.79. The van der Waals surface area contributed by atoms with E-state index in [-0.39, 0.29) is 0 Å². The van der Waals surface area contributed by atoms with E-state index in [9.17, 15) is 4.79 Å². The summed E-state index contributed by atoms with van der Waals surface area (Å²) in [7, 11) is 2.12. The molecule has 2 nitrogen and oxygen atoms in total. The Kier molecular flexibility index (Phi) is 2.18. The van der Waals surface area contributed by atoms with Crippen LogP contribution in [0.4, 0.5) is 0 Å². The van der Waals surface area contributed by atoms with Crippen LogP contribution in [0.1, 0.15) is 12.0 Å². The van der Waals surface area contributed by atoms with Crippen LogP contribution >= 0.6 is 0 Å². The van der Waals surface area contributed by atoms with Crippen LogP contribution in [0.15, 0.2) is 35.9 Å². The van der Waals surface area contributed by atoms with Crippen molar-refractivity contribution in [2.24, 2.45) is 5.92 Å². The van der Waals surface area contributed by atoms with Crippen LogP contribution in [0.5, 0.6) is 0 Å². The van der Waals surface area contributed by atoms with Crippen LogP contribution in [0.2, 0.25) is 0 Å². The number of ketones is 1. The molecule has 0 amide bonds. The molecule has 0 saturated carbocycles. The van der Waals surface area contributed by atoms with E-state index >= 15 is 0 Å². The lowest BCUT2D eigenvalue weighted by atomic mass is 10.0. The molecule has 16 heavy (non-hydrogen) atoms. The molecule has 0 spiro atoms. The molecular weight excluding hydrogens is 198 g/mol. The summed E-state index contributed by atoms with van der Waals surface area (Å²) >= 11 is 0. The molecule has 0 aromatic heterocycles. The molecule has 1 unspecified atom stereocenters. The van der Waals surface area contributed by atoms with Gasteiger partial charge >= 0.3 is 0 Å². The van der Waals surface area contributed by atoms with Crippen LogP contribution in [0.3, 0.4) is 0 Å². The quantitative estimate of drug-likeness (QED) is 0.711. The fraction of sp³-hybridized carbons (Fsp3) is 0.357. The Morgan fingerprint density at radius 1 is 1.25 bits per heavy atom. The van der Waals surface area contributed by atoms with Crippen LogP contribution in [0.25, 0.3) is 5.57 Å². The molecule has 1 fully saturated rings. The number of nitrogens with zero attached hydrogens (tertiary/aromatic N) is 1. The van der Waals surface area contributed by atoms with Gasteiger partial charge < -0.3 is 4.90 Å². The Morgan fingerprint density at radius 2 is 2.00 bits per heavy atom. The number of allylic oxidation sites excluding steroid dienone is 1. The Bertz CT molecular complexity index is 461. The minimum atomic E-state index is 0.333. The van der Waals surface area contributed by atoms with Crippen LogP contribution in [-0.2, 0) is 4.79 Å². The van der Waals surface area contributed by atoms with Gasteiger partial charge in [-0.15, -0.1) is 0 Å². The number of hydrogen-bond donors (Lipinski definition) is 0. The second kappa shape index (κ2) is 3.56. The van der Waals surface area contributed by atoms with Crippen molar-refractivity contribution in [3.05, 3.63) is 41.5 Å². The molecule has 1 heterocycles. The number of rotatable bonds is 1. The van der Waals surface area contributed by atoms with Gasteiger partial charge in [-0.2, -0.15) is 0 Å². The minimum absolute atomic E-state index is 0.333. The molecule has 1 atom stereocenters. The summed E-state index contributed by atoms with van der Waals surface area (Å²) < 4.78 is 0. The predicted octanol–water partition coefficient (Wildman–Crippen LogP) is 1.97. The average molecular weight is 213 g/mol. The summed E-state index contributed by atoms with van der Waals surface area (Å²) in [5, 5.41) is 0. The highest BCUT2D eigenvalue weighted by Gasteiger charge is 2.37. The topological polar surface area (TPSA) is 20.3 Å². The minimum Gasteiger partial charge on any atom is -0.302 e. The van der Waals surface area contributed by atoms with Crippen molar-refractivity contribution in [3.63, 3.8) is 0 Å². The summed E-state index contributed by atoms with van der Waals surface area (Å²) in [6.45, 7) is 2.00. The van der Waals surface area contributed by atoms with Gasteiger partial charge in [0.25, 0.3) is 0 Å². The van der Waals surface area contributed by atoms with Gasteiger partial charge in [0.2, 0.25) is 0 Å². The second-order valence-electron chi connectivity index (χ2n) is 4.79. The van der Waals surface area contributed by atoms with Crippen LogP contribution < -0.4 is 0 Å². The first kappa shape index (κ1) is 9.79. The van der Waals surface area contributed by atoms with E-state index in [1.54, 1.807) is 0 Å². The maximum Gasteiger partial charge on any atom is 0.164 e. The zero-order valence-corrected chi connectivity index (χ0v) is 9.44. The van der Waals surface area contributed by atoms with E-state index in [1.165, 1.54) is 5.57 Å². The van der Waals surface area contributed by atoms with Gasteiger partial charge in [0.1, 0.15) is 0 Å². The van der Waals surface area contributed by atoms with E-state index in [1.807, 2.05) is 30.3 Å². The molecule has 1 aliphatic carbocycles. The Balaban J connectivity index is 2.08. The summed E-state index contributed by atoms with van der Waals surface area (Å²) in [5.41, 5.74) is 3.45. The molecule has 0 bridgehead atoms. The Hall–Kier alpha value is -1.41. The first-order chi connectivity index (χ1) is 7.75. The van der Waals surface area contributed by atoms with Crippen molar-refractivity contribution in [2.45, 2.75) is 6.42 Å². The maximum absolute atomic E-state index is 12.0. The number of hydrogen-bond acceptors (Lipinski definition) is 2. The van der Waals surface area contributed by atoms with E-state index < -0.39 is 0 Å². The molecule has 0 radical (unpaired) electrons. The Labute approximate surface area is 95.6 Å². The molecule has 1 aromatic rings. The fourth-order valence-electron chi connectivity index (χ4n) is 2.90. The molecular formula is C14H15NO. The third-order valence-electron chi connectivity index (χ3n) is 3.56. The molecule has 3 rings (SSSR count). The SMILES string of the molecule is CN1CC2=C(c3ccccc3)C(=O)CC2C1. The van der Waals surface area contributed by atoms with Crippen molar-refractivity contribution in [2.75, 3.05) is 20.1 Å². The number of likely N-dealkylation sites (tertiary alicyclic amines) is 1. The number of benzene rings is 1. The van der Waals surface area contributed by atoms with Crippen LogP contribution in [0, 0.1) is 5.92 Å². The number of carbonyl (C=O) groups is 1. The predicted molar refractivity (Wildman–Crippen MR) is 64.0 cm³/mol. The lowest BCUT2D eigenvalue weighted by molar-refractivity contribution is -0.113. The molecule has 82 valence electrons. The van der Waals surface area contributed by atoms with Crippen molar-refractivity contribution >= 4 is 11.4 Å². The van der Waals surface area contributed by atoms with E-state index in [4.69, 9.17) is 0 Å². The molecule has 1 saturated heterocycles. The van der Waals surface area contributed by atoms with Gasteiger partial charge in [-0.25, -0.2) is 0 Å². The number of likely N-dealkylation sites (N-methyl/N-ethyl adjacent to an activating group) is 1. The van der Waals surface area contributed by atoms with Gasteiger partial charge in [0, 0.05) is 31.0 Å². The molecule has 1 aromatic carbocycles. The van der Waals surface area contributed by atoms with Crippen molar-refractivity contribution < 1.29 is 4.79 Å². The van der Waals surface area contributed by atoms with Gasteiger partial charge in [0.05, 0.1) is 0 Å². The lowest BCUT2D eigenvalue weighted by Gasteiger charge is -2.08. The summed E-state index contributed by atoms with van der Waals surface area (Å²) in [6.07, 6.45) is 0.712. The van der Waals surface area contributed by atoms with Crippen molar-refractivity contribution in [1.29, 1.82) is 0 Å². The summed E-state index contributed by atoms with van der Waals surface area (Å²) in [6, 6.07) is 10.1. The highest BCUT2D eigenvalue weighted by atomic mass is 16.1. The third-order valence-corrected chi connectivity index (χ3v) is 3.56. The van der Waals surface area contributed by atoms with E-state index in [0.717, 1.165) is 24.2 Å². The monoisotopic (exact) mass is 213 g/mol. The van der Waals surface area contributed by atoms with E-state index in [0.29, 0.717) is 18.1 Å². The van der Waals surface area contributed by atoms with Gasteiger partial charge in [-0.1, -0.05) is 30.3 Å². The largest absolute Gasteiger partial charge is 0.302 e. The standard InChI is InChI=1S/C14H15NO/c1-15-8-11-7-13(16)14(12(11)9-15)10-5-3-2-4-6-10/h2-6,11H,7-9H2,1H3. The van der Waals surface area contributed by atoms with Crippen molar-refractivity contribution in [3.8, 4) is 0 Å². The van der Waals surface area contributed by atoms with Gasteiger partial charge in [0.15, 0.2) is 5.78 Å². The number of Topliss-reactive ketones (excluding diaryl/α,β-unsaturated/α-hetero) is 1. The highest BCUT2D eigenvalue weighted by Crippen LogP contribution is 2.39. The zero-order valence-electron chi connectivity index (χ0n) is 9.44. The maximum atomic E-state index is 12.0. The number of fused-ring (bicyclic) bond motifs is 1. The summed E-state index contributed by atoms with van der Waals surface area (Å²) in [4.78, 5) is 14.3. The average Bonchev–Trinajstić information content (AvgIpc) is 2.74. The fourth-order valence-corrected chi connectivity index (χ4v) is 2.90. The molecule has 2 heteroatoms. The first-order valence-electron chi connectivity index (χ1n) is 5.76. The van der Waals surface area contributed by atoms with Crippen molar-refractivity contribution in [1.82, 2.24) is 4.90 Å². The molecule has 2 aliphatic rings. The number of carbonyl (C=O) groups excluding carboxylic acids is 1. The Morgan fingerprint density at radius 3 is 2.75 bits per heavy atom. The first-order valence-corrected chi connectivity index (χ1v) is 5.76. The third kappa shape index (κ3) is 1.41. The van der Waals surface area contributed by atoms with E-state index in [2.05, 4.69) is 11.9 Å². The van der Waals surface area contributed by atoms with Gasteiger partial charge in [-0.3, -0.25) is 4.79 Å². The highest BCUT2D eigenvalue weighted by molar-refractivity contribution is 6.24. The normalized spacial score (nSPS) is 25.3. The van der Waals surface area contributed by atoms with Gasteiger partial charge in [-0.05, 0) is 18.2 Å². The smallest absolute Gasteiger partial charge is 0.164 e. The molecule has 1 aliphatic heterocycles. The summed E-state index contributed by atoms with van der Waals surface area (Å²) in [5.74, 6) is 0.812. The van der Waals surface area contributed by atoms with Crippen LogP contribution in [-0.4, -0.2) is 30.8 Å². The lowest BCUT2D eigenvalue weighted by Crippen LogP contribution is -2.16. The zero-order chi connectivity index (χ0) is 11.1. The molecule has 0 N–H and O–H groups in total.